The molecule has 1 saturated heterocycles. The Morgan fingerprint density at radius 3 is 2.36 bits per heavy atom. The number of nitro benzene ring substituents is 1. The summed E-state index contributed by atoms with van der Waals surface area (Å²) in [6.45, 7) is 1.81. The summed E-state index contributed by atoms with van der Waals surface area (Å²) >= 11 is 0. The number of benzene rings is 2. The maximum Gasteiger partial charge on any atom is 0.270 e. The maximum absolute atomic E-state index is 12.7. The van der Waals surface area contributed by atoms with Gasteiger partial charge in [0.2, 0.25) is 0 Å². The molecule has 1 N–H and O–H groups in total. The van der Waals surface area contributed by atoms with Gasteiger partial charge in [-0.3, -0.25) is 14.9 Å². The van der Waals surface area contributed by atoms with Gasteiger partial charge in [0.15, 0.2) is 9.84 Å². The van der Waals surface area contributed by atoms with Crippen molar-refractivity contribution in [1.29, 1.82) is 0 Å². The lowest BCUT2D eigenvalue weighted by Crippen LogP contribution is -2.27. The van der Waals surface area contributed by atoms with E-state index < -0.39 is 20.7 Å². The number of rotatable bonds is 6. The number of nitrogens with zero attached hydrogens (tertiary/aromatic N) is 2. The van der Waals surface area contributed by atoms with Gasteiger partial charge < -0.3 is 10.2 Å². The van der Waals surface area contributed by atoms with E-state index in [0.717, 1.165) is 37.8 Å². The molecule has 0 radical (unpaired) electrons. The molecule has 1 heterocycles. The summed E-state index contributed by atoms with van der Waals surface area (Å²) in [5, 5.41) is 13.9. The molecule has 148 valence electrons. The van der Waals surface area contributed by atoms with Crippen molar-refractivity contribution in [2.24, 2.45) is 0 Å². The lowest BCUT2D eigenvalue weighted by molar-refractivity contribution is -0.384. The molecule has 0 aromatic heterocycles. The van der Waals surface area contributed by atoms with Crippen LogP contribution in [0.25, 0.3) is 0 Å². The number of carbonyl (C=O) groups is 1. The Morgan fingerprint density at radius 2 is 1.79 bits per heavy atom. The SMILES string of the molecule is CS(=O)(=O)c1ccc(CNC(=O)c2cc([N+](=O)[O-])ccc2N2CCCC2)cc1. The van der Waals surface area contributed by atoms with Crippen LogP contribution in [0.2, 0.25) is 0 Å². The second-order valence-corrected chi connectivity index (χ2v) is 8.77. The van der Waals surface area contributed by atoms with Gasteiger partial charge in [0.05, 0.1) is 21.1 Å². The number of nitro groups is 1. The van der Waals surface area contributed by atoms with Crippen LogP contribution in [0.5, 0.6) is 0 Å². The minimum Gasteiger partial charge on any atom is -0.371 e. The Bertz CT molecular complexity index is 997. The fourth-order valence-electron chi connectivity index (χ4n) is 3.19. The van der Waals surface area contributed by atoms with Gasteiger partial charge in [0.25, 0.3) is 11.6 Å². The molecule has 1 aliphatic rings. The van der Waals surface area contributed by atoms with Crippen LogP contribution in [-0.4, -0.2) is 38.6 Å². The molecular formula is C19H21N3O5S. The number of non-ortho nitro benzene ring substituents is 1. The number of carbonyl (C=O) groups excluding carboxylic acids is 1. The number of sulfone groups is 1. The van der Waals surface area contributed by atoms with Gasteiger partial charge >= 0.3 is 0 Å². The van der Waals surface area contributed by atoms with Crippen molar-refractivity contribution in [2.45, 2.75) is 24.3 Å². The van der Waals surface area contributed by atoms with Gasteiger partial charge in [-0.1, -0.05) is 12.1 Å². The van der Waals surface area contributed by atoms with Crippen LogP contribution in [0.3, 0.4) is 0 Å². The zero-order chi connectivity index (χ0) is 20.3. The standard InChI is InChI=1S/C19H21N3O5S/c1-28(26,27)16-7-4-14(5-8-16)13-20-19(23)17-12-15(22(24)25)6-9-18(17)21-10-2-3-11-21/h4-9,12H,2-3,10-11,13H2,1H3,(H,20,23). The zero-order valence-corrected chi connectivity index (χ0v) is 16.2. The predicted molar refractivity (Wildman–Crippen MR) is 105 cm³/mol. The van der Waals surface area contributed by atoms with Gasteiger partial charge in [-0.15, -0.1) is 0 Å². The third-order valence-corrected chi connectivity index (χ3v) is 5.82. The fraction of sp³-hybridized carbons (Fsp3) is 0.316. The molecule has 0 bridgehead atoms. The van der Waals surface area contributed by atoms with Crippen LogP contribution >= 0.6 is 0 Å². The van der Waals surface area contributed by atoms with Gasteiger partial charge in [-0.25, -0.2) is 8.42 Å². The first-order chi connectivity index (χ1) is 13.3. The molecule has 0 spiro atoms. The van der Waals surface area contributed by atoms with E-state index in [4.69, 9.17) is 0 Å². The molecule has 28 heavy (non-hydrogen) atoms. The average Bonchev–Trinajstić information content (AvgIpc) is 3.19. The van der Waals surface area contributed by atoms with E-state index in [0.29, 0.717) is 5.69 Å². The second-order valence-electron chi connectivity index (χ2n) is 6.75. The van der Waals surface area contributed by atoms with Crippen molar-refractivity contribution < 1.29 is 18.1 Å². The molecule has 0 aliphatic carbocycles. The van der Waals surface area contributed by atoms with E-state index in [9.17, 15) is 23.3 Å². The summed E-state index contributed by atoms with van der Waals surface area (Å²) < 4.78 is 23.0. The van der Waals surface area contributed by atoms with Crippen molar-refractivity contribution >= 4 is 27.1 Å². The first-order valence-electron chi connectivity index (χ1n) is 8.86. The highest BCUT2D eigenvalue weighted by Crippen LogP contribution is 2.28. The van der Waals surface area contributed by atoms with Gasteiger partial charge in [0, 0.05) is 38.0 Å². The first-order valence-corrected chi connectivity index (χ1v) is 10.8. The number of anilines is 1. The first kappa shape index (κ1) is 19.8. The van der Waals surface area contributed by atoms with Crippen molar-refractivity contribution in [1.82, 2.24) is 5.32 Å². The summed E-state index contributed by atoms with van der Waals surface area (Å²) in [5.41, 5.74) is 1.55. The monoisotopic (exact) mass is 403 g/mol. The van der Waals surface area contributed by atoms with E-state index in [1.54, 1.807) is 18.2 Å². The quantitative estimate of drug-likeness (QED) is 0.586. The van der Waals surface area contributed by atoms with Crippen LogP contribution < -0.4 is 10.2 Å². The van der Waals surface area contributed by atoms with Gasteiger partial charge in [-0.05, 0) is 36.6 Å². The third-order valence-electron chi connectivity index (χ3n) is 4.69. The lowest BCUT2D eigenvalue weighted by Gasteiger charge is -2.21. The van der Waals surface area contributed by atoms with E-state index in [1.165, 1.54) is 24.3 Å². The Kier molecular flexibility index (Phi) is 5.64. The fourth-order valence-corrected chi connectivity index (χ4v) is 3.82. The molecule has 8 nitrogen and oxygen atoms in total. The molecule has 0 saturated carbocycles. The molecule has 3 rings (SSSR count). The second kappa shape index (κ2) is 7.97. The Balaban J connectivity index is 1.79. The summed E-state index contributed by atoms with van der Waals surface area (Å²) in [7, 11) is -3.28. The zero-order valence-electron chi connectivity index (χ0n) is 15.4. The number of nitrogens with one attached hydrogen (secondary N) is 1. The van der Waals surface area contributed by atoms with E-state index in [1.807, 2.05) is 0 Å². The average molecular weight is 403 g/mol. The van der Waals surface area contributed by atoms with Crippen molar-refractivity contribution in [3.05, 3.63) is 63.7 Å². The van der Waals surface area contributed by atoms with Crippen LogP contribution in [0, 0.1) is 10.1 Å². The van der Waals surface area contributed by atoms with Crippen LogP contribution in [0.15, 0.2) is 47.4 Å². The molecule has 0 atom stereocenters. The third kappa shape index (κ3) is 4.48. The summed E-state index contributed by atoms with van der Waals surface area (Å²) in [4.78, 5) is 25.6. The van der Waals surface area contributed by atoms with Crippen molar-refractivity contribution in [3.8, 4) is 0 Å². The minimum atomic E-state index is -3.28. The van der Waals surface area contributed by atoms with Gasteiger partial charge in [-0.2, -0.15) is 0 Å². The Labute approximate surface area is 163 Å². The normalized spacial score (nSPS) is 14.1. The number of hydrogen-bond acceptors (Lipinski definition) is 6. The minimum absolute atomic E-state index is 0.134. The molecule has 0 unspecified atom stereocenters. The van der Waals surface area contributed by atoms with Crippen molar-refractivity contribution in [3.63, 3.8) is 0 Å². The molecule has 1 fully saturated rings. The number of amides is 1. The largest absolute Gasteiger partial charge is 0.371 e. The summed E-state index contributed by atoms with van der Waals surface area (Å²) in [6.07, 6.45) is 3.17. The molecule has 2 aromatic carbocycles. The smallest absolute Gasteiger partial charge is 0.270 e. The maximum atomic E-state index is 12.7. The summed E-state index contributed by atoms with van der Waals surface area (Å²) in [6, 6.07) is 10.6. The molecule has 2 aromatic rings. The van der Waals surface area contributed by atoms with Crippen LogP contribution in [0.1, 0.15) is 28.8 Å². The van der Waals surface area contributed by atoms with Gasteiger partial charge in [0.1, 0.15) is 0 Å². The topological polar surface area (TPSA) is 110 Å². The molecule has 1 amide bonds. The van der Waals surface area contributed by atoms with E-state index in [-0.39, 0.29) is 22.7 Å². The van der Waals surface area contributed by atoms with E-state index >= 15 is 0 Å². The van der Waals surface area contributed by atoms with E-state index in [2.05, 4.69) is 10.2 Å². The van der Waals surface area contributed by atoms with Crippen LogP contribution in [0.4, 0.5) is 11.4 Å². The van der Waals surface area contributed by atoms with Crippen molar-refractivity contribution in [2.75, 3.05) is 24.2 Å². The number of hydrogen-bond donors (Lipinski definition) is 1. The summed E-state index contributed by atoms with van der Waals surface area (Å²) in [5.74, 6) is -0.405. The highest BCUT2D eigenvalue weighted by molar-refractivity contribution is 7.90. The highest BCUT2D eigenvalue weighted by atomic mass is 32.2. The molecular weight excluding hydrogens is 382 g/mol. The predicted octanol–water partition coefficient (Wildman–Crippen LogP) is 2.53. The lowest BCUT2D eigenvalue weighted by atomic mass is 10.1. The molecule has 1 aliphatic heterocycles. The Hall–Kier alpha value is -2.94. The molecule has 9 heteroatoms. The van der Waals surface area contributed by atoms with Crippen LogP contribution in [-0.2, 0) is 16.4 Å². The highest BCUT2D eigenvalue weighted by Gasteiger charge is 2.22. The Morgan fingerprint density at radius 1 is 1.14 bits per heavy atom.